The quantitative estimate of drug-likeness (QED) is 0.425. The van der Waals surface area contributed by atoms with Gasteiger partial charge in [-0.05, 0) is 36.8 Å². The van der Waals surface area contributed by atoms with Gasteiger partial charge in [0.25, 0.3) is 5.91 Å². The van der Waals surface area contributed by atoms with Gasteiger partial charge in [-0.15, -0.1) is 5.01 Å². The molecule has 1 fully saturated rings. The average molecular weight is 456 g/mol. The molecule has 0 aliphatic carbocycles. The van der Waals surface area contributed by atoms with Gasteiger partial charge in [0, 0.05) is 5.69 Å². The minimum absolute atomic E-state index is 0.220. The molecule has 2 heterocycles. The number of benzene rings is 2. The number of nitrogens with one attached hydrogen (secondary N) is 2. The molecule has 1 aliphatic rings. The molecule has 0 radical (unpaired) electrons. The topological polar surface area (TPSA) is 95.9 Å². The molecule has 2 N–H and O–H groups in total. The highest BCUT2D eigenvalue weighted by Gasteiger charge is 2.49. The van der Waals surface area contributed by atoms with E-state index in [9.17, 15) is 9.59 Å². The van der Waals surface area contributed by atoms with Crippen molar-refractivity contribution in [2.45, 2.75) is 12.5 Å². The van der Waals surface area contributed by atoms with Crippen molar-refractivity contribution in [3.63, 3.8) is 0 Å². The van der Waals surface area contributed by atoms with Gasteiger partial charge in [-0.3, -0.25) is 4.79 Å². The lowest BCUT2D eigenvalue weighted by atomic mass is 9.92. The van der Waals surface area contributed by atoms with Crippen LogP contribution in [0.2, 0.25) is 5.15 Å². The number of para-hydroxylation sites is 1. The molecular formula is C21H18ClN5O3S. The molecule has 0 saturated carbocycles. The summed E-state index contributed by atoms with van der Waals surface area (Å²) >= 11 is 7.46. The van der Waals surface area contributed by atoms with Crippen molar-refractivity contribution in [2.24, 2.45) is 5.10 Å². The van der Waals surface area contributed by atoms with Gasteiger partial charge in [0.2, 0.25) is 0 Å². The minimum atomic E-state index is -1.24. The molecule has 1 aliphatic heterocycles. The lowest BCUT2D eigenvalue weighted by Gasteiger charge is -2.21. The van der Waals surface area contributed by atoms with E-state index in [1.807, 2.05) is 30.3 Å². The van der Waals surface area contributed by atoms with Crippen LogP contribution in [0.3, 0.4) is 0 Å². The van der Waals surface area contributed by atoms with Crippen molar-refractivity contribution in [1.29, 1.82) is 0 Å². The van der Waals surface area contributed by atoms with E-state index in [2.05, 4.69) is 20.7 Å². The number of methoxy groups -OCH3 is 1. The lowest BCUT2D eigenvalue weighted by Crippen LogP contribution is -2.40. The summed E-state index contributed by atoms with van der Waals surface area (Å²) in [6.45, 7) is 1.63. The Hall–Kier alpha value is -3.43. The second-order valence-corrected chi connectivity index (χ2v) is 8.20. The monoisotopic (exact) mass is 455 g/mol. The van der Waals surface area contributed by atoms with E-state index in [1.54, 1.807) is 38.3 Å². The maximum absolute atomic E-state index is 13.0. The maximum atomic E-state index is 13.0. The fourth-order valence-electron chi connectivity index (χ4n) is 3.05. The van der Waals surface area contributed by atoms with Crippen molar-refractivity contribution in [2.75, 3.05) is 12.4 Å². The summed E-state index contributed by atoms with van der Waals surface area (Å²) in [6, 6.07) is 15.8. The van der Waals surface area contributed by atoms with Crippen molar-refractivity contribution in [3.05, 3.63) is 70.2 Å². The van der Waals surface area contributed by atoms with Gasteiger partial charge in [-0.2, -0.15) is 5.10 Å². The standard InChI is InChI=1S/C21H18ClN5O3S/c1-21(13-8-10-15(30-2)11-9-13)18(28)27(20(29)26-21)23-12-16-17(22)25-19(31-16)24-14-6-4-3-5-7-14/h3-12H,1-2H3,(H,24,25)(H,26,29)/b23-12+. The van der Waals surface area contributed by atoms with Crippen LogP contribution in [0.5, 0.6) is 5.75 Å². The Bertz CT molecular complexity index is 1150. The number of ether oxygens (including phenoxy) is 1. The number of hydrogen-bond donors (Lipinski definition) is 2. The fraction of sp³-hybridized carbons (Fsp3) is 0.143. The molecule has 2 aromatic carbocycles. The number of thiazole rings is 1. The first-order chi connectivity index (χ1) is 14.9. The van der Waals surface area contributed by atoms with Crippen molar-refractivity contribution in [1.82, 2.24) is 15.3 Å². The van der Waals surface area contributed by atoms with Crippen LogP contribution >= 0.6 is 22.9 Å². The van der Waals surface area contributed by atoms with E-state index in [4.69, 9.17) is 16.3 Å². The van der Waals surface area contributed by atoms with Crippen molar-refractivity contribution < 1.29 is 14.3 Å². The Morgan fingerprint density at radius 3 is 2.58 bits per heavy atom. The Morgan fingerprint density at radius 2 is 1.90 bits per heavy atom. The summed E-state index contributed by atoms with van der Waals surface area (Å²) in [5.74, 6) is 0.154. The SMILES string of the molecule is COc1ccc(C2(C)NC(=O)N(/N=C/c3sc(Nc4ccccc4)nc3Cl)C2=O)cc1. The lowest BCUT2D eigenvalue weighted by molar-refractivity contribution is -0.131. The summed E-state index contributed by atoms with van der Waals surface area (Å²) in [6.07, 6.45) is 1.35. The van der Waals surface area contributed by atoms with Crippen LogP contribution in [-0.4, -0.2) is 35.3 Å². The third-order valence-electron chi connectivity index (χ3n) is 4.76. The normalized spacial score (nSPS) is 18.5. The smallest absolute Gasteiger partial charge is 0.346 e. The van der Waals surface area contributed by atoms with Crippen LogP contribution in [0.25, 0.3) is 0 Å². The Morgan fingerprint density at radius 1 is 1.19 bits per heavy atom. The molecule has 3 aromatic rings. The molecule has 1 saturated heterocycles. The van der Waals surface area contributed by atoms with Crippen LogP contribution in [0, 0.1) is 0 Å². The third kappa shape index (κ3) is 4.10. The molecule has 1 unspecified atom stereocenters. The van der Waals surface area contributed by atoms with Crippen LogP contribution in [0.1, 0.15) is 17.4 Å². The number of amides is 3. The number of carbonyl (C=O) groups is 2. The number of imide groups is 1. The summed E-state index contributed by atoms with van der Waals surface area (Å²) in [4.78, 5) is 30.2. The van der Waals surface area contributed by atoms with E-state index >= 15 is 0 Å². The van der Waals surface area contributed by atoms with E-state index in [1.165, 1.54) is 17.6 Å². The van der Waals surface area contributed by atoms with E-state index in [0.29, 0.717) is 21.3 Å². The van der Waals surface area contributed by atoms with Crippen LogP contribution in [0.15, 0.2) is 59.7 Å². The number of halogens is 1. The predicted molar refractivity (Wildman–Crippen MR) is 120 cm³/mol. The van der Waals surface area contributed by atoms with Gasteiger partial charge in [-0.1, -0.05) is 53.3 Å². The highest BCUT2D eigenvalue weighted by molar-refractivity contribution is 7.17. The molecule has 8 nitrogen and oxygen atoms in total. The number of urea groups is 1. The van der Waals surface area contributed by atoms with Crippen LogP contribution in [0.4, 0.5) is 15.6 Å². The first-order valence-corrected chi connectivity index (χ1v) is 10.4. The van der Waals surface area contributed by atoms with Gasteiger partial charge >= 0.3 is 6.03 Å². The molecule has 10 heteroatoms. The molecule has 31 heavy (non-hydrogen) atoms. The van der Waals surface area contributed by atoms with Gasteiger partial charge in [0.15, 0.2) is 10.3 Å². The Balaban J connectivity index is 1.52. The largest absolute Gasteiger partial charge is 0.497 e. The maximum Gasteiger partial charge on any atom is 0.346 e. The van der Waals surface area contributed by atoms with E-state index < -0.39 is 17.5 Å². The summed E-state index contributed by atoms with van der Waals surface area (Å²) in [5.41, 5.74) is 0.244. The Labute approximate surface area is 187 Å². The number of rotatable bonds is 6. The van der Waals surface area contributed by atoms with Gasteiger partial charge in [-0.25, -0.2) is 9.78 Å². The summed E-state index contributed by atoms with van der Waals surface area (Å²) < 4.78 is 5.14. The number of anilines is 2. The summed E-state index contributed by atoms with van der Waals surface area (Å²) in [7, 11) is 1.56. The third-order valence-corrected chi connectivity index (χ3v) is 6.07. The first-order valence-electron chi connectivity index (χ1n) is 9.24. The molecular weight excluding hydrogens is 438 g/mol. The average Bonchev–Trinajstić information content (AvgIpc) is 3.23. The zero-order valence-electron chi connectivity index (χ0n) is 16.6. The molecule has 158 valence electrons. The molecule has 0 bridgehead atoms. The number of nitrogens with zero attached hydrogens (tertiary/aromatic N) is 3. The van der Waals surface area contributed by atoms with E-state index in [0.717, 1.165) is 10.7 Å². The van der Waals surface area contributed by atoms with Crippen molar-refractivity contribution in [3.8, 4) is 5.75 Å². The zero-order valence-corrected chi connectivity index (χ0v) is 18.2. The highest BCUT2D eigenvalue weighted by atomic mass is 35.5. The predicted octanol–water partition coefficient (Wildman–Crippen LogP) is 4.35. The highest BCUT2D eigenvalue weighted by Crippen LogP contribution is 2.31. The van der Waals surface area contributed by atoms with E-state index in [-0.39, 0.29) is 5.15 Å². The number of hydrogen-bond acceptors (Lipinski definition) is 7. The van der Waals surface area contributed by atoms with Crippen LogP contribution < -0.4 is 15.4 Å². The van der Waals surface area contributed by atoms with Crippen LogP contribution in [-0.2, 0) is 10.3 Å². The second-order valence-electron chi connectivity index (χ2n) is 6.81. The fourth-order valence-corrected chi connectivity index (χ4v) is 4.09. The molecule has 1 atom stereocenters. The minimum Gasteiger partial charge on any atom is -0.497 e. The number of hydrazone groups is 1. The molecule has 4 rings (SSSR count). The van der Waals surface area contributed by atoms with Gasteiger partial charge < -0.3 is 15.4 Å². The number of carbonyl (C=O) groups excluding carboxylic acids is 2. The first kappa shape index (κ1) is 20.8. The number of aromatic nitrogens is 1. The molecule has 0 spiro atoms. The van der Waals surface area contributed by atoms with Crippen molar-refractivity contribution >= 4 is 51.9 Å². The second kappa shape index (κ2) is 8.37. The molecule has 1 aromatic heterocycles. The van der Waals surface area contributed by atoms with Gasteiger partial charge in [0.05, 0.1) is 18.2 Å². The molecule has 3 amide bonds. The van der Waals surface area contributed by atoms with Gasteiger partial charge in [0.1, 0.15) is 11.3 Å². The Kier molecular flexibility index (Phi) is 5.62. The summed E-state index contributed by atoms with van der Waals surface area (Å²) in [5, 5.41) is 11.5. The zero-order chi connectivity index (χ0) is 22.0.